The molecule has 0 bridgehead atoms. The second-order valence-corrected chi connectivity index (χ2v) is 7.17. The van der Waals surface area contributed by atoms with Crippen LogP contribution < -0.4 is 4.90 Å². The van der Waals surface area contributed by atoms with Crippen molar-refractivity contribution < 1.29 is 5.11 Å². The molecule has 1 N–H and O–H groups in total. The van der Waals surface area contributed by atoms with Gasteiger partial charge in [-0.25, -0.2) is 9.97 Å². The summed E-state index contributed by atoms with van der Waals surface area (Å²) in [5.41, 5.74) is 2.09. The third kappa shape index (κ3) is 3.11. The minimum atomic E-state index is -0.0196. The highest BCUT2D eigenvalue weighted by Crippen LogP contribution is 2.36. The first-order valence-corrected chi connectivity index (χ1v) is 7.54. The number of aliphatic hydroxyl groups is 1. The van der Waals surface area contributed by atoms with Crippen LogP contribution in [0.2, 0.25) is 0 Å². The molecule has 0 saturated carbocycles. The summed E-state index contributed by atoms with van der Waals surface area (Å²) in [7, 11) is 0. The molecule has 112 valence electrons. The largest absolute Gasteiger partial charge is 0.390 e. The first kappa shape index (κ1) is 15.2. The van der Waals surface area contributed by atoms with Gasteiger partial charge in [0.1, 0.15) is 5.82 Å². The van der Waals surface area contributed by atoms with E-state index in [0.29, 0.717) is 11.3 Å². The molecule has 1 aliphatic heterocycles. The van der Waals surface area contributed by atoms with Crippen molar-refractivity contribution in [2.75, 3.05) is 18.0 Å². The van der Waals surface area contributed by atoms with Gasteiger partial charge in [-0.15, -0.1) is 0 Å². The Bertz CT molecular complexity index is 465. The van der Waals surface area contributed by atoms with Crippen molar-refractivity contribution in [3.05, 3.63) is 17.7 Å². The molecular formula is C16H27N3O. The zero-order valence-corrected chi connectivity index (χ0v) is 13.3. The molecule has 1 unspecified atom stereocenters. The zero-order chi connectivity index (χ0) is 14.9. The predicted molar refractivity (Wildman–Crippen MR) is 81.8 cm³/mol. The van der Waals surface area contributed by atoms with Crippen LogP contribution in [0.25, 0.3) is 0 Å². The van der Waals surface area contributed by atoms with E-state index in [1.807, 2.05) is 6.20 Å². The molecule has 20 heavy (non-hydrogen) atoms. The summed E-state index contributed by atoms with van der Waals surface area (Å²) in [5, 5.41) is 9.59. The van der Waals surface area contributed by atoms with E-state index in [-0.39, 0.29) is 12.5 Å². The molecule has 1 aromatic rings. The van der Waals surface area contributed by atoms with Gasteiger partial charge in [0, 0.05) is 19.0 Å². The van der Waals surface area contributed by atoms with E-state index in [0.717, 1.165) is 30.3 Å². The molecule has 1 aromatic heterocycles. The van der Waals surface area contributed by atoms with Crippen molar-refractivity contribution in [1.82, 2.24) is 9.97 Å². The Hall–Kier alpha value is -1.16. The highest BCUT2D eigenvalue weighted by Gasteiger charge is 2.32. The van der Waals surface area contributed by atoms with E-state index in [9.17, 15) is 5.11 Å². The van der Waals surface area contributed by atoms with Crippen molar-refractivity contribution in [3.8, 4) is 0 Å². The molecule has 1 atom stereocenters. The summed E-state index contributed by atoms with van der Waals surface area (Å²) < 4.78 is 0. The number of aromatic nitrogens is 2. The summed E-state index contributed by atoms with van der Waals surface area (Å²) in [5.74, 6) is 1.78. The van der Waals surface area contributed by atoms with Gasteiger partial charge < -0.3 is 10.0 Å². The van der Waals surface area contributed by atoms with Gasteiger partial charge in [0.05, 0.1) is 24.2 Å². The van der Waals surface area contributed by atoms with E-state index < -0.39 is 0 Å². The molecule has 0 aliphatic carbocycles. The number of hydrogen-bond acceptors (Lipinski definition) is 4. The van der Waals surface area contributed by atoms with Crippen molar-refractivity contribution >= 4 is 5.69 Å². The third-order valence-corrected chi connectivity index (χ3v) is 4.28. The second kappa shape index (κ2) is 5.68. The number of nitrogens with zero attached hydrogens (tertiary/aromatic N) is 3. The number of hydrogen-bond donors (Lipinski definition) is 1. The third-order valence-electron chi connectivity index (χ3n) is 4.28. The van der Waals surface area contributed by atoms with Crippen LogP contribution >= 0.6 is 0 Å². The molecule has 0 radical (unpaired) electrons. The SMILES string of the molecule is CC(C)c1ncc(N2CCC(C(C)(C)C)C2)c(CO)n1. The number of anilines is 1. The van der Waals surface area contributed by atoms with Gasteiger partial charge in [-0.2, -0.15) is 0 Å². The van der Waals surface area contributed by atoms with Crippen LogP contribution in [0, 0.1) is 11.3 Å². The van der Waals surface area contributed by atoms with Crippen LogP contribution in [0.1, 0.15) is 58.5 Å². The van der Waals surface area contributed by atoms with Gasteiger partial charge in [-0.3, -0.25) is 0 Å². The van der Waals surface area contributed by atoms with Crippen LogP contribution in [0.4, 0.5) is 5.69 Å². The van der Waals surface area contributed by atoms with Crippen molar-refractivity contribution in [1.29, 1.82) is 0 Å². The summed E-state index contributed by atoms with van der Waals surface area (Å²) in [6.07, 6.45) is 3.08. The molecule has 1 saturated heterocycles. The van der Waals surface area contributed by atoms with E-state index in [2.05, 4.69) is 49.5 Å². The van der Waals surface area contributed by atoms with E-state index in [4.69, 9.17) is 0 Å². The Labute approximate surface area is 122 Å². The summed E-state index contributed by atoms with van der Waals surface area (Å²) in [6.45, 7) is 13.1. The highest BCUT2D eigenvalue weighted by molar-refractivity contribution is 5.50. The monoisotopic (exact) mass is 277 g/mol. The highest BCUT2D eigenvalue weighted by atomic mass is 16.3. The van der Waals surface area contributed by atoms with E-state index in [1.165, 1.54) is 6.42 Å². The topological polar surface area (TPSA) is 49.2 Å². The minimum Gasteiger partial charge on any atom is -0.390 e. The Kier molecular flexibility index (Phi) is 4.33. The van der Waals surface area contributed by atoms with Crippen molar-refractivity contribution in [3.63, 3.8) is 0 Å². The van der Waals surface area contributed by atoms with Crippen molar-refractivity contribution in [2.45, 2.75) is 53.6 Å². The Morgan fingerprint density at radius 1 is 1.40 bits per heavy atom. The summed E-state index contributed by atoms with van der Waals surface area (Å²) in [4.78, 5) is 11.3. The average Bonchev–Trinajstić information content (AvgIpc) is 2.87. The van der Waals surface area contributed by atoms with Crippen molar-refractivity contribution in [2.24, 2.45) is 11.3 Å². The van der Waals surface area contributed by atoms with Crippen LogP contribution in [-0.2, 0) is 6.61 Å². The molecule has 0 amide bonds. The van der Waals surface area contributed by atoms with Crippen LogP contribution in [0.3, 0.4) is 0 Å². The summed E-state index contributed by atoms with van der Waals surface area (Å²) >= 11 is 0. The molecular weight excluding hydrogens is 250 g/mol. The number of aliphatic hydroxyl groups excluding tert-OH is 1. The molecule has 4 nitrogen and oxygen atoms in total. The molecule has 1 aliphatic rings. The van der Waals surface area contributed by atoms with Gasteiger partial charge in [0.25, 0.3) is 0 Å². The lowest BCUT2D eigenvalue weighted by molar-refractivity contribution is 0.263. The maximum absolute atomic E-state index is 9.59. The van der Waals surface area contributed by atoms with Crippen LogP contribution in [0.5, 0.6) is 0 Å². The molecule has 0 aromatic carbocycles. The molecule has 0 spiro atoms. The Morgan fingerprint density at radius 3 is 2.60 bits per heavy atom. The first-order chi connectivity index (χ1) is 9.32. The first-order valence-electron chi connectivity index (χ1n) is 7.54. The van der Waals surface area contributed by atoms with Crippen LogP contribution in [0.15, 0.2) is 6.20 Å². The average molecular weight is 277 g/mol. The standard InChI is InChI=1S/C16H27N3O/c1-11(2)15-17-8-14(13(10-20)18-15)19-7-6-12(9-19)16(3,4)5/h8,11-12,20H,6-7,9-10H2,1-5H3. The lowest BCUT2D eigenvalue weighted by atomic mass is 9.80. The Balaban J connectivity index is 2.22. The smallest absolute Gasteiger partial charge is 0.131 e. The summed E-state index contributed by atoms with van der Waals surface area (Å²) in [6, 6.07) is 0. The fourth-order valence-corrected chi connectivity index (χ4v) is 2.77. The predicted octanol–water partition coefficient (Wildman–Crippen LogP) is 2.96. The van der Waals surface area contributed by atoms with Gasteiger partial charge in [-0.05, 0) is 17.8 Å². The second-order valence-electron chi connectivity index (χ2n) is 7.17. The van der Waals surface area contributed by atoms with Gasteiger partial charge in [0.15, 0.2) is 0 Å². The lowest BCUT2D eigenvalue weighted by Gasteiger charge is -2.28. The van der Waals surface area contributed by atoms with Gasteiger partial charge in [0.2, 0.25) is 0 Å². The van der Waals surface area contributed by atoms with Gasteiger partial charge in [-0.1, -0.05) is 34.6 Å². The maximum atomic E-state index is 9.59. The fourth-order valence-electron chi connectivity index (χ4n) is 2.77. The molecule has 1 fully saturated rings. The van der Waals surface area contributed by atoms with E-state index in [1.54, 1.807) is 0 Å². The Morgan fingerprint density at radius 2 is 2.10 bits per heavy atom. The lowest BCUT2D eigenvalue weighted by Crippen LogP contribution is -2.27. The normalized spacial score (nSPS) is 19.9. The minimum absolute atomic E-state index is 0.0196. The number of rotatable bonds is 3. The molecule has 2 rings (SSSR count). The fraction of sp³-hybridized carbons (Fsp3) is 0.750. The molecule has 4 heteroatoms. The van der Waals surface area contributed by atoms with Crippen LogP contribution in [-0.4, -0.2) is 28.2 Å². The van der Waals surface area contributed by atoms with Gasteiger partial charge >= 0.3 is 0 Å². The zero-order valence-electron chi connectivity index (χ0n) is 13.3. The molecule has 2 heterocycles. The van der Waals surface area contributed by atoms with E-state index >= 15 is 0 Å². The maximum Gasteiger partial charge on any atom is 0.131 e. The quantitative estimate of drug-likeness (QED) is 0.923.